The zero-order valence-electron chi connectivity index (χ0n) is 15.1. The predicted octanol–water partition coefficient (Wildman–Crippen LogP) is 2.43. The minimum atomic E-state index is -0.509. The van der Waals surface area contributed by atoms with Gasteiger partial charge in [0, 0.05) is 24.6 Å². The molecule has 1 rings (SSSR count). The first-order chi connectivity index (χ1) is 10.7. The maximum atomic E-state index is 12.1. The third-order valence-electron chi connectivity index (χ3n) is 4.00. The average molecular weight is 345 g/mol. The fourth-order valence-electron chi connectivity index (χ4n) is 2.33. The summed E-state index contributed by atoms with van der Waals surface area (Å²) in [5, 5.41) is 3.00. The molecule has 0 bridgehead atoms. The Morgan fingerprint density at radius 2 is 1.83 bits per heavy atom. The smallest absolute Gasteiger partial charge is 0.408 e. The Morgan fingerprint density at radius 3 is 2.30 bits per heavy atom. The molecule has 6 nitrogen and oxygen atoms in total. The van der Waals surface area contributed by atoms with Crippen LogP contribution in [0, 0.1) is 0 Å². The minimum Gasteiger partial charge on any atom is -0.444 e. The number of hydrogen-bond acceptors (Lipinski definition) is 4. The van der Waals surface area contributed by atoms with E-state index >= 15 is 0 Å². The van der Waals surface area contributed by atoms with E-state index in [1.807, 2.05) is 46.4 Å². The maximum absolute atomic E-state index is 12.1. The van der Waals surface area contributed by atoms with Gasteiger partial charge in [0.15, 0.2) is 5.96 Å². The first-order valence-corrected chi connectivity index (χ1v) is 9.50. The van der Waals surface area contributed by atoms with E-state index in [2.05, 4.69) is 15.2 Å². The number of rotatable bonds is 5. The zero-order chi connectivity index (χ0) is 17.5. The number of guanidine groups is 1. The van der Waals surface area contributed by atoms with Gasteiger partial charge in [-0.25, -0.2) is 4.79 Å². The molecule has 0 aliphatic carbocycles. The van der Waals surface area contributed by atoms with Gasteiger partial charge >= 0.3 is 6.09 Å². The fourth-order valence-corrected chi connectivity index (χ4v) is 3.24. The molecule has 0 radical (unpaired) electrons. The second-order valence-corrected chi connectivity index (χ2v) is 8.11. The lowest BCUT2D eigenvalue weighted by atomic mass is 9.93. The summed E-state index contributed by atoms with van der Waals surface area (Å²) in [5.74, 6) is 2.74. The Kier molecular flexibility index (Phi) is 7.51. The summed E-state index contributed by atoms with van der Waals surface area (Å²) in [7, 11) is 0. The van der Waals surface area contributed by atoms with Gasteiger partial charge in [-0.1, -0.05) is 13.8 Å². The lowest BCUT2D eigenvalue weighted by Gasteiger charge is -2.33. The van der Waals surface area contributed by atoms with Crippen molar-refractivity contribution in [3.05, 3.63) is 0 Å². The van der Waals surface area contributed by atoms with Crippen LogP contribution in [0.25, 0.3) is 0 Å². The monoisotopic (exact) mass is 344 g/mol. The van der Waals surface area contributed by atoms with Crippen molar-refractivity contribution < 1.29 is 9.53 Å². The second-order valence-electron chi connectivity index (χ2n) is 6.89. The fraction of sp³-hybridized carbons (Fsp3) is 0.875. The van der Waals surface area contributed by atoms with Crippen LogP contribution >= 0.6 is 11.8 Å². The number of ether oxygens (including phenoxy) is 1. The number of alkyl carbamates (subject to hydrolysis) is 1. The number of nitrogens with two attached hydrogens (primary N) is 1. The van der Waals surface area contributed by atoms with Crippen LogP contribution in [0.3, 0.4) is 0 Å². The molecule has 1 fully saturated rings. The molecular weight excluding hydrogens is 312 g/mol. The van der Waals surface area contributed by atoms with Crippen molar-refractivity contribution in [1.82, 2.24) is 10.2 Å². The van der Waals surface area contributed by atoms with Crippen molar-refractivity contribution in [2.75, 3.05) is 31.1 Å². The van der Waals surface area contributed by atoms with Crippen molar-refractivity contribution in [2.45, 2.75) is 58.6 Å². The lowest BCUT2D eigenvalue weighted by Crippen LogP contribution is -2.52. The van der Waals surface area contributed by atoms with E-state index in [4.69, 9.17) is 10.5 Å². The quantitative estimate of drug-likeness (QED) is 0.591. The van der Waals surface area contributed by atoms with Gasteiger partial charge in [-0.15, -0.1) is 0 Å². The average Bonchev–Trinajstić information content (AvgIpc) is 2.50. The topological polar surface area (TPSA) is 80.0 Å². The van der Waals surface area contributed by atoms with E-state index in [1.165, 1.54) is 0 Å². The molecular formula is C16H32N4O2S. The van der Waals surface area contributed by atoms with Gasteiger partial charge in [0.2, 0.25) is 0 Å². The zero-order valence-corrected chi connectivity index (χ0v) is 16.0. The Morgan fingerprint density at radius 1 is 1.26 bits per heavy atom. The number of hydrogen-bond donors (Lipinski definition) is 2. The molecule has 1 aliphatic rings. The standard InChI is InChI=1S/C16H32N4O2S/c1-6-16(7-2,19-14(21)22-15(3,4)5)12-18-13(17)20-8-10-23-11-9-20/h6-12H2,1-5H3,(H2,17,18)(H,19,21). The molecule has 3 N–H and O–H groups in total. The highest BCUT2D eigenvalue weighted by molar-refractivity contribution is 7.99. The van der Waals surface area contributed by atoms with Gasteiger partial charge < -0.3 is 20.7 Å². The van der Waals surface area contributed by atoms with Crippen molar-refractivity contribution in [3.8, 4) is 0 Å². The number of carbonyl (C=O) groups excluding carboxylic acids is 1. The number of carbonyl (C=O) groups is 1. The molecule has 0 aromatic carbocycles. The molecule has 1 heterocycles. The van der Waals surface area contributed by atoms with Crippen LogP contribution in [0.1, 0.15) is 47.5 Å². The maximum Gasteiger partial charge on any atom is 0.408 e. The van der Waals surface area contributed by atoms with Crippen LogP contribution in [0.15, 0.2) is 4.99 Å². The molecule has 0 aromatic rings. The third kappa shape index (κ3) is 6.89. The van der Waals surface area contributed by atoms with Crippen molar-refractivity contribution >= 4 is 23.8 Å². The molecule has 1 saturated heterocycles. The first-order valence-electron chi connectivity index (χ1n) is 8.35. The van der Waals surface area contributed by atoms with Gasteiger partial charge in [-0.05, 0) is 33.6 Å². The summed E-state index contributed by atoms with van der Waals surface area (Å²) in [6.07, 6.45) is 1.15. The van der Waals surface area contributed by atoms with Crippen LogP contribution in [0.5, 0.6) is 0 Å². The lowest BCUT2D eigenvalue weighted by molar-refractivity contribution is 0.0451. The summed E-state index contributed by atoms with van der Waals surface area (Å²) in [6.45, 7) is 12.0. The van der Waals surface area contributed by atoms with Crippen LogP contribution in [0.4, 0.5) is 4.79 Å². The number of nitrogens with one attached hydrogen (secondary N) is 1. The second kappa shape index (κ2) is 8.66. The van der Waals surface area contributed by atoms with Crippen LogP contribution in [-0.2, 0) is 4.74 Å². The molecule has 23 heavy (non-hydrogen) atoms. The minimum absolute atomic E-state index is 0.399. The predicted molar refractivity (Wildman–Crippen MR) is 98.1 cm³/mol. The summed E-state index contributed by atoms with van der Waals surface area (Å²) in [5.41, 5.74) is 5.19. The van der Waals surface area contributed by atoms with E-state index < -0.39 is 17.2 Å². The molecule has 0 saturated carbocycles. The van der Waals surface area contributed by atoms with Crippen LogP contribution in [-0.4, -0.2) is 59.2 Å². The number of thioether (sulfide) groups is 1. The number of amides is 1. The van der Waals surface area contributed by atoms with E-state index in [0.717, 1.165) is 37.4 Å². The van der Waals surface area contributed by atoms with E-state index in [1.54, 1.807) is 0 Å². The largest absolute Gasteiger partial charge is 0.444 e. The van der Waals surface area contributed by atoms with Gasteiger partial charge in [-0.2, -0.15) is 11.8 Å². The van der Waals surface area contributed by atoms with E-state index in [-0.39, 0.29) is 0 Å². The van der Waals surface area contributed by atoms with Gasteiger partial charge in [-0.3, -0.25) is 4.99 Å². The van der Waals surface area contributed by atoms with Crippen LogP contribution < -0.4 is 11.1 Å². The van der Waals surface area contributed by atoms with Gasteiger partial charge in [0.25, 0.3) is 0 Å². The molecule has 7 heteroatoms. The molecule has 1 aliphatic heterocycles. The Bertz CT molecular complexity index is 411. The number of aliphatic imine (C=N–C) groups is 1. The Hall–Kier alpha value is -1.11. The summed E-state index contributed by atoms with van der Waals surface area (Å²) in [4.78, 5) is 18.8. The van der Waals surface area contributed by atoms with Crippen molar-refractivity contribution in [1.29, 1.82) is 0 Å². The van der Waals surface area contributed by atoms with Gasteiger partial charge in [0.1, 0.15) is 5.60 Å². The third-order valence-corrected chi connectivity index (χ3v) is 4.94. The molecule has 134 valence electrons. The highest BCUT2D eigenvalue weighted by atomic mass is 32.2. The Balaban J connectivity index is 2.70. The molecule has 0 spiro atoms. The summed E-state index contributed by atoms with van der Waals surface area (Å²) < 4.78 is 5.38. The Labute approximate surface area is 144 Å². The summed E-state index contributed by atoms with van der Waals surface area (Å²) >= 11 is 1.94. The number of nitrogens with zero attached hydrogens (tertiary/aromatic N) is 2. The highest BCUT2D eigenvalue weighted by Crippen LogP contribution is 2.18. The molecule has 1 amide bonds. The summed E-state index contributed by atoms with van der Waals surface area (Å²) in [6, 6.07) is 0. The van der Waals surface area contributed by atoms with E-state index in [0.29, 0.717) is 12.5 Å². The first kappa shape index (κ1) is 19.9. The van der Waals surface area contributed by atoms with Crippen molar-refractivity contribution in [3.63, 3.8) is 0 Å². The molecule has 0 unspecified atom stereocenters. The molecule has 0 atom stereocenters. The SMILES string of the molecule is CCC(CC)(CN=C(N)N1CCSCC1)NC(=O)OC(C)(C)C. The normalized spacial score (nSPS) is 17.1. The van der Waals surface area contributed by atoms with Gasteiger partial charge in [0.05, 0.1) is 12.1 Å². The van der Waals surface area contributed by atoms with Crippen LogP contribution in [0.2, 0.25) is 0 Å². The molecule has 0 aromatic heterocycles. The van der Waals surface area contributed by atoms with E-state index in [9.17, 15) is 4.79 Å². The van der Waals surface area contributed by atoms with Crippen molar-refractivity contribution in [2.24, 2.45) is 10.7 Å². The highest BCUT2D eigenvalue weighted by Gasteiger charge is 2.30.